The Morgan fingerprint density at radius 1 is 1.80 bits per heavy atom. The Hall–Kier alpha value is -1.43. The fourth-order valence-electron chi connectivity index (χ4n) is 1.29. The predicted octanol–water partition coefficient (Wildman–Crippen LogP) is 1.14. The molecule has 1 N–H and O–H groups in total. The third-order valence-electron chi connectivity index (χ3n) is 1.90. The number of amides is 1. The van der Waals surface area contributed by atoms with Crippen molar-refractivity contribution in [1.29, 1.82) is 0 Å². The van der Waals surface area contributed by atoms with Gasteiger partial charge in [0.05, 0.1) is 10.4 Å². The number of carbonyl (C=O) groups is 2. The van der Waals surface area contributed by atoms with Crippen molar-refractivity contribution < 1.29 is 14.7 Å². The van der Waals surface area contributed by atoms with Crippen LogP contribution in [0.3, 0.4) is 0 Å². The van der Waals surface area contributed by atoms with Crippen molar-refractivity contribution in [1.82, 2.24) is 9.88 Å². The number of aromatic nitrogens is 1. The van der Waals surface area contributed by atoms with Crippen molar-refractivity contribution >= 4 is 23.7 Å². The molecule has 0 saturated heterocycles. The Labute approximate surface area is 91.4 Å². The van der Waals surface area contributed by atoms with Crippen LogP contribution in [0.25, 0.3) is 0 Å². The molecule has 1 atom stereocenters. The van der Waals surface area contributed by atoms with Gasteiger partial charge in [0.25, 0.3) is 0 Å². The number of hydrogen-bond acceptors (Lipinski definition) is 4. The molecule has 5 nitrogen and oxygen atoms in total. The summed E-state index contributed by atoms with van der Waals surface area (Å²) in [5, 5.41) is 9.05. The standard InChI is InChI=1S/C9H12N2O3S/c1-2-3-11(6-12)8(9(13)14)7-4-10-5-15-7/h4-6,8H,2-3H2,1H3,(H,13,14). The Kier molecular flexibility index (Phi) is 4.23. The molecule has 0 aromatic carbocycles. The zero-order chi connectivity index (χ0) is 11.3. The number of carbonyl (C=O) groups excluding carboxylic acids is 1. The fourth-order valence-corrected chi connectivity index (χ4v) is 2.02. The van der Waals surface area contributed by atoms with Crippen LogP contribution >= 0.6 is 11.3 Å². The lowest BCUT2D eigenvalue weighted by molar-refractivity contribution is -0.146. The van der Waals surface area contributed by atoms with Gasteiger partial charge in [0.15, 0.2) is 6.04 Å². The quantitative estimate of drug-likeness (QED) is 0.741. The molecule has 0 aliphatic rings. The molecular formula is C9H12N2O3S. The second-order valence-electron chi connectivity index (χ2n) is 2.99. The first-order valence-electron chi connectivity index (χ1n) is 4.53. The van der Waals surface area contributed by atoms with E-state index in [1.807, 2.05) is 6.92 Å². The highest BCUT2D eigenvalue weighted by Gasteiger charge is 2.27. The molecule has 0 fully saturated rings. The van der Waals surface area contributed by atoms with Crippen LogP contribution in [0.1, 0.15) is 24.3 Å². The monoisotopic (exact) mass is 228 g/mol. The molecule has 82 valence electrons. The Morgan fingerprint density at radius 2 is 2.53 bits per heavy atom. The van der Waals surface area contributed by atoms with Crippen LogP contribution in [0, 0.1) is 0 Å². The van der Waals surface area contributed by atoms with Gasteiger partial charge in [-0.25, -0.2) is 4.79 Å². The normalized spacial score (nSPS) is 12.1. The molecular weight excluding hydrogens is 216 g/mol. The maximum absolute atomic E-state index is 11.1. The third kappa shape index (κ3) is 2.76. The first-order valence-corrected chi connectivity index (χ1v) is 5.41. The van der Waals surface area contributed by atoms with Crippen LogP contribution in [0.2, 0.25) is 0 Å². The van der Waals surface area contributed by atoms with Crippen LogP contribution in [0.15, 0.2) is 11.7 Å². The number of carboxylic acids is 1. The Morgan fingerprint density at radius 3 is 2.93 bits per heavy atom. The molecule has 1 heterocycles. The first kappa shape index (κ1) is 11.6. The van der Waals surface area contributed by atoms with E-state index in [0.717, 1.165) is 6.42 Å². The molecule has 0 aliphatic carbocycles. The third-order valence-corrected chi connectivity index (χ3v) is 2.73. The summed E-state index contributed by atoms with van der Waals surface area (Å²) < 4.78 is 0. The van der Waals surface area contributed by atoms with E-state index in [-0.39, 0.29) is 0 Å². The van der Waals surface area contributed by atoms with Gasteiger partial charge in [0, 0.05) is 12.7 Å². The summed E-state index contributed by atoms with van der Waals surface area (Å²) >= 11 is 1.24. The topological polar surface area (TPSA) is 70.5 Å². The van der Waals surface area contributed by atoms with E-state index in [2.05, 4.69) is 4.98 Å². The van der Waals surface area contributed by atoms with E-state index in [1.54, 1.807) is 5.51 Å². The second kappa shape index (κ2) is 5.45. The highest BCUT2D eigenvalue weighted by Crippen LogP contribution is 2.23. The second-order valence-corrected chi connectivity index (χ2v) is 3.91. The largest absolute Gasteiger partial charge is 0.479 e. The van der Waals surface area contributed by atoms with Gasteiger partial charge in [-0.2, -0.15) is 0 Å². The average Bonchev–Trinajstić information content (AvgIpc) is 2.69. The maximum Gasteiger partial charge on any atom is 0.332 e. The van der Waals surface area contributed by atoms with Gasteiger partial charge >= 0.3 is 5.97 Å². The number of rotatable bonds is 6. The summed E-state index contributed by atoms with van der Waals surface area (Å²) in [7, 11) is 0. The number of aliphatic carboxylic acids is 1. The molecule has 0 aliphatic heterocycles. The molecule has 0 radical (unpaired) electrons. The van der Waals surface area contributed by atoms with Crippen LogP contribution in [-0.2, 0) is 9.59 Å². The van der Waals surface area contributed by atoms with Crippen molar-refractivity contribution in [2.75, 3.05) is 6.54 Å². The predicted molar refractivity (Wildman–Crippen MR) is 55.6 cm³/mol. The summed E-state index contributed by atoms with van der Waals surface area (Å²) in [6, 6.07) is -0.907. The van der Waals surface area contributed by atoms with Gasteiger partial charge in [-0.3, -0.25) is 9.78 Å². The number of nitrogens with zero attached hydrogens (tertiary/aromatic N) is 2. The average molecular weight is 228 g/mol. The molecule has 6 heteroatoms. The lowest BCUT2D eigenvalue weighted by Crippen LogP contribution is -2.33. The molecule has 15 heavy (non-hydrogen) atoms. The van der Waals surface area contributed by atoms with Crippen molar-refractivity contribution in [2.24, 2.45) is 0 Å². The summed E-state index contributed by atoms with van der Waals surface area (Å²) in [5.41, 5.74) is 1.56. The zero-order valence-electron chi connectivity index (χ0n) is 8.29. The number of hydrogen-bond donors (Lipinski definition) is 1. The molecule has 1 aromatic rings. The van der Waals surface area contributed by atoms with Crippen LogP contribution in [0.5, 0.6) is 0 Å². The summed E-state index contributed by atoms with van der Waals surface area (Å²) in [4.78, 5) is 27.5. The van der Waals surface area contributed by atoms with Gasteiger partial charge in [0.2, 0.25) is 6.41 Å². The van der Waals surface area contributed by atoms with E-state index in [9.17, 15) is 9.59 Å². The molecule has 0 bridgehead atoms. The molecule has 1 unspecified atom stereocenters. The molecule has 1 rings (SSSR count). The molecule has 0 saturated carbocycles. The minimum atomic E-state index is -1.03. The minimum Gasteiger partial charge on any atom is -0.479 e. The molecule has 0 spiro atoms. The number of carboxylic acid groups (broad SMARTS) is 1. The lowest BCUT2D eigenvalue weighted by atomic mass is 10.2. The first-order chi connectivity index (χ1) is 7.20. The summed E-state index contributed by atoms with van der Waals surface area (Å²) in [5.74, 6) is -1.03. The van der Waals surface area contributed by atoms with Gasteiger partial charge in [-0.1, -0.05) is 6.92 Å². The van der Waals surface area contributed by atoms with Crippen LogP contribution < -0.4 is 0 Å². The minimum absolute atomic E-state index is 0.429. The van der Waals surface area contributed by atoms with E-state index < -0.39 is 12.0 Å². The van der Waals surface area contributed by atoms with Gasteiger partial charge < -0.3 is 10.0 Å². The van der Waals surface area contributed by atoms with E-state index >= 15 is 0 Å². The summed E-state index contributed by atoms with van der Waals surface area (Å²) in [6.45, 7) is 2.32. The van der Waals surface area contributed by atoms with Crippen molar-refractivity contribution in [2.45, 2.75) is 19.4 Å². The SMILES string of the molecule is CCCN(C=O)C(C(=O)O)c1cncs1. The molecule has 1 aromatic heterocycles. The van der Waals surface area contributed by atoms with Gasteiger partial charge in [-0.15, -0.1) is 11.3 Å². The highest BCUT2D eigenvalue weighted by molar-refractivity contribution is 7.09. The summed E-state index contributed by atoms with van der Waals surface area (Å²) in [6.07, 6.45) is 2.78. The van der Waals surface area contributed by atoms with Crippen LogP contribution in [-0.4, -0.2) is 33.9 Å². The van der Waals surface area contributed by atoms with Crippen molar-refractivity contribution in [3.8, 4) is 0 Å². The number of thiazole rings is 1. The van der Waals surface area contributed by atoms with E-state index in [4.69, 9.17) is 5.11 Å². The maximum atomic E-state index is 11.1. The van der Waals surface area contributed by atoms with Crippen LogP contribution in [0.4, 0.5) is 0 Å². The van der Waals surface area contributed by atoms with Gasteiger partial charge in [0.1, 0.15) is 0 Å². The Balaban J connectivity index is 2.91. The zero-order valence-corrected chi connectivity index (χ0v) is 9.11. The highest BCUT2D eigenvalue weighted by atomic mass is 32.1. The smallest absolute Gasteiger partial charge is 0.332 e. The Bertz CT molecular complexity index is 326. The van der Waals surface area contributed by atoms with Crippen molar-refractivity contribution in [3.05, 3.63) is 16.6 Å². The van der Waals surface area contributed by atoms with Gasteiger partial charge in [-0.05, 0) is 6.42 Å². The van der Waals surface area contributed by atoms with E-state index in [0.29, 0.717) is 17.8 Å². The molecule has 1 amide bonds. The van der Waals surface area contributed by atoms with E-state index in [1.165, 1.54) is 22.4 Å². The fraction of sp³-hybridized carbons (Fsp3) is 0.444. The van der Waals surface area contributed by atoms with Crippen molar-refractivity contribution in [3.63, 3.8) is 0 Å². The lowest BCUT2D eigenvalue weighted by Gasteiger charge is -2.22.